The fourth-order valence-corrected chi connectivity index (χ4v) is 2.85. The molecule has 0 N–H and O–H groups in total. The number of hydrogen-bond donors (Lipinski definition) is 0. The first-order chi connectivity index (χ1) is 8.24. The Morgan fingerprint density at radius 1 is 1.44 bits per heavy atom. The molecule has 1 aromatic rings. The highest BCUT2D eigenvalue weighted by atomic mass is 79.9. The number of hydrogen-bond acceptors (Lipinski definition) is 2. The molecule has 0 spiro atoms. The summed E-state index contributed by atoms with van der Waals surface area (Å²) < 4.78 is 37.0. The van der Waals surface area contributed by atoms with E-state index in [1.807, 2.05) is 0 Å². The Balaban J connectivity index is 3.08. The van der Waals surface area contributed by atoms with E-state index in [1.165, 1.54) is 18.2 Å². The number of carbonyl (C=O) groups is 1. The van der Waals surface area contributed by atoms with Gasteiger partial charge in [0, 0.05) is 15.8 Å². The average Bonchev–Trinajstić information content (AvgIpc) is 2.26. The summed E-state index contributed by atoms with van der Waals surface area (Å²) in [6, 6.07) is 4.24. The standard InChI is InChI=1S/C11H9Br2F3OS/c1-6(13)10(17)7-2-3-9(8(4-7)5-12)18-11(14,15)16/h2-4,6H,5H2,1H3. The molecule has 1 nitrogen and oxygen atoms in total. The highest BCUT2D eigenvalue weighted by Gasteiger charge is 2.30. The number of carbonyl (C=O) groups excluding carboxylic acids is 1. The largest absolute Gasteiger partial charge is 0.446 e. The Kier molecular flexibility index (Phi) is 5.73. The van der Waals surface area contributed by atoms with Crippen molar-refractivity contribution >= 4 is 49.4 Å². The van der Waals surface area contributed by atoms with E-state index in [2.05, 4.69) is 31.9 Å². The van der Waals surface area contributed by atoms with Crippen LogP contribution in [-0.4, -0.2) is 16.1 Å². The van der Waals surface area contributed by atoms with Crippen molar-refractivity contribution in [1.29, 1.82) is 0 Å². The van der Waals surface area contributed by atoms with Crippen LogP contribution in [0.2, 0.25) is 0 Å². The molecule has 1 aromatic carbocycles. The Bertz CT molecular complexity index is 446. The Labute approximate surface area is 124 Å². The molecule has 0 fully saturated rings. The van der Waals surface area contributed by atoms with E-state index in [-0.39, 0.29) is 32.6 Å². The van der Waals surface area contributed by atoms with Gasteiger partial charge in [-0.05, 0) is 36.4 Å². The molecule has 1 atom stereocenters. The van der Waals surface area contributed by atoms with Crippen LogP contribution >= 0.6 is 43.6 Å². The van der Waals surface area contributed by atoms with Crippen LogP contribution in [-0.2, 0) is 5.33 Å². The van der Waals surface area contributed by atoms with E-state index in [0.29, 0.717) is 11.1 Å². The minimum absolute atomic E-state index is 0.109. The van der Waals surface area contributed by atoms with Gasteiger partial charge in [-0.15, -0.1) is 0 Å². The summed E-state index contributed by atoms with van der Waals surface area (Å²) in [5, 5.41) is 0.267. The van der Waals surface area contributed by atoms with Gasteiger partial charge in [0.15, 0.2) is 5.78 Å². The van der Waals surface area contributed by atoms with E-state index in [0.717, 1.165) is 0 Å². The van der Waals surface area contributed by atoms with E-state index >= 15 is 0 Å². The van der Waals surface area contributed by atoms with Crippen molar-refractivity contribution < 1.29 is 18.0 Å². The third-order valence-electron chi connectivity index (χ3n) is 2.08. The maximum Gasteiger partial charge on any atom is 0.446 e. The summed E-state index contributed by atoms with van der Waals surface area (Å²) in [4.78, 5) is 11.5. The molecule has 0 bridgehead atoms. The van der Waals surface area contributed by atoms with Crippen molar-refractivity contribution in [3.63, 3.8) is 0 Å². The number of Topliss-reactive ketones (excluding diaryl/α,β-unsaturated/α-hetero) is 1. The topological polar surface area (TPSA) is 17.1 Å². The molecular formula is C11H9Br2F3OS. The minimum atomic E-state index is -4.33. The lowest BCUT2D eigenvalue weighted by Gasteiger charge is -2.11. The van der Waals surface area contributed by atoms with Gasteiger partial charge in [0.1, 0.15) is 0 Å². The summed E-state index contributed by atoms with van der Waals surface area (Å²) in [6.45, 7) is 1.68. The number of benzene rings is 1. The molecule has 18 heavy (non-hydrogen) atoms. The van der Waals surface area contributed by atoms with Crippen LogP contribution in [0.25, 0.3) is 0 Å². The predicted molar refractivity (Wildman–Crippen MR) is 73.7 cm³/mol. The first kappa shape index (κ1) is 16.0. The van der Waals surface area contributed by atoms with Gasteiger partial charge in [0.05, 0.1) is 4.83 Å². The van der Waals surface area contributed by atoms with Gasteiger partial charge in [-0.25, -0.2) is 0 Å². The summed E-state index contributed by atoms with van der Waals surface area (Å²) >= 11 is 6.10. The lowest BCUT2D eigenvalue weighted by molar-refractivity contribution is -0.0328. The number of halogens is 5. The van der Waals surface area contributed by atoms with Crippen molar-refractivity contribution in [3.05, 3.63) is 29.3 Å². The number of ketones is 1. The molecule has 0 amide bonds. The van der Waals surface area contributed by atoms with Gasteiger partial charge in [0.25, 0.3) is 0 Å². The van der Waals surface area contributed by atoms with Crippen molar-refractivity contribution in [2.75, 3.05) is 0 Å². The molecule has 0 heterocycles. The fraction of sp³-hybridized carbons (Fsp3) is 0.364. The first-order valence-electron chi connectivity index (χ1n) is 4.87. The molecule has 0 aliphatic rings. The van der Waals surface area contributed by atoms with Crippen molar-refractivity contribution in [2.24, 2.45) is 0 Å². The Morgan fingerprint density at radius 3 is 2.50 bits per heavy atom. The highest BCUT2D eigenvalue weighted by molar-refractivity contribution is 9.10. The van der Waals surface area contributed by atoms with Gasteiger partial charge in [-0.2, -0.15) is 13.2 Å². The third kappa shape index (κ3) is 4.59. The van der Waals surface area contributed by atoms with E-state index in [4.69, 9.17) is 0 Å². The van der Waals surface area contributed by atoms with Crippen LogP contribution in [0.1, 0.15) is 22.8 Å². The van der Waals surface area contributed by atoms with Crippen molar-refractivity contribution in [2.45, 2.75) is 27.5 Å². The molecule has 1 rings (SSSR count). The molecule has 100 valence electrons. The van der Waals surface area contributed by atoms with Gasteiger partial charge in [-0.1, -0.05) is 37.9 Å². The van der Waals surface area contributed by atoms with E-state index < -0.39 is 5.51 Å². The predicted octanol–water partition coefficient (Wildman–Crippen LogP) is 5.16. The molecule has 1 unspecified atom stereocenters. The monoisotopic (exact) mass is 404 g/mol. The second-order valence-electron chi connectivity index (χ2n) is 3.48. The van der Waals surface area contributed by atoms with Crippen LogP contribution < -0.4 is 0 Å². The van der Waals surface area contributed by atoms with Crippen LogP contribution in [0.15, 0.2) is 23.1 Å². The van der Waals surface area contributed by atoms with Crippen molar-refractivity contribution in [3.8, 4) is 0 Å². The maximum absolute atomic E-state index is 12.3. The lowest BCUT2D eigenvalue weighted by Crippen LogP contribution is -2.10. The number of rotatable bonds is 4. The van der Waals surface area contributed by atoms with Gasteiger partial charge in [0.2, 0.25) is 0 Å². The maximum atomic E-state index is 12.3. The first-order valence-corrected chi connectivity index (χ1v) is 7.73. The molecular weight excluding hydrogens is 397 g/mol. The molecule has 7 heteroatoms. The van der Waals surface area contributed by atoms with Crippen LogP contribution in [0.5, 0.6) is 0 Å². The normalized spacial score (nSPS) is 13.4. The zero-order valence-electron chi connectivity index (χ0n) is 9.22. The lowest BCUT2D eigenvalue weighted by atomic mass is 10.1. The number of thioether (sulfide) groups is 1. The zero-order valence-corrected chi connectivity index (χ0v) is 13.2. The average molecular weight is 406 g/mol. The summed E-state index contributed by atoms with van der Waals surface area (Å²) in [5.41, 5.74) is -3.47. The molecule has 0 aliphatic heterocycles. The summed E-state index contributed by atoms with van der Waals surface area (Å²) in [6.07, 6.45) is 0. The van der Waals surface area contributed by atoms with Crippen LogP contribution in [0.3, 0.4) is 0 Å². The highest BCUT2D eigenvalue weighted by Crippen LogP contribution is 2.39. The van der Waals surface area contributed by atoms with Crippen LogP contribution in [0, 0.1) is 0 Å². The molecule has 0 aliphatic carbocycles. The summed E-state index contributed by atoms with van der Waals surface area (Å²) in [7, 11) is 0. The second-order valence-corrected chi connectivity index (χ2v) is 6.53. The zero-order chi connectivity index (χ0) is 13.9. The van der Waals surface area contributed by atoms with Gasteiger partial charge in [-0.3, -0.25) is 4.79 Å². The Morgan fingerprint density at radius 2 is 2.06 bits per heavy atom. The summed E-state index contributed by atoms with van der Waals surface area (Å²) in [5.74, 6) is -0.152. The third-order valence-corrected chi connectivity index (χ3v) is 3.95. The SMILES string of the molecule is CC(Br)C(=O)c1ccc(SC(F)(F)F)c(CBr)c1. The molecule has 0 saturated heterocycles. The Hall–Kier alpha value is -0.0100. The van der Waals surface area contributed by atoms with Gasteiger partial charge >= 0.3 is 5.51 Å². The van der Waals surface area contributed by atoms with E-state index in [1.54, 1.807) is 6.92 Å². The number of alkyl halides is 5. The van der Waals surface area contributed by atoms with Crippen molar-refractivity contribution in [1.82, 2.24) is 0 Å². The fourth-order valence-electron chi connectivity index (χ4n) is 1.29. The molecule has 0 radical (unpaired) electrons. The van der Waals surface area contributed by atoms with Gasteiger partial charge < -0.3 is 0 Å². The van der Waals surface area contributed by atoms with Crippen LogP contribution in [0.4, 0.5) is 13.2 Å². The molecule has 0 saturated carbocycles. The smallest absolute Gasteiger partial charge is 0.293 e. The quantitative estimate of drug-likeness (QED) is 0.391. The second kappa shape index (κ2) is 6.43. The minimum Gasteiger partial charge on any atom is -0.293 e. The van der Waals surface area contributed by atoms with E-state index in [9.17, 15) is 18.0 Å². The molecule has 0 aromatic heterocycles.